The summed E-state index contributed by atoms with van der Waals surface area (Å²) in [5, 5.41) is 3.56. The van der Waals surface area contributed by atoms with Gasteiger partial charge in [-0.05, 0) is 30.9 Å². The van der Waals surface area contributed by atoms with E-state index in [0.29, 0.717) is 18.8 Å². The number of allylic oxidation sites excluding steroid dienone is 4. The number of Topliss-reactive ketones (excluding diaryl/α,β-unsaturated/α-hetero) is 1. The Morgan fingerprint density at radius 3 is 2.92 bits per heavy atom. The fourth-order valence-corrected chi connectivity index (χ4v) is 3.55. The molecule has 3 nitrogen and oxygen atoms in total. The Kier molecular flexibility index (Phi) is 6.80. The second kappa shape index (κ2) is 8.84. The molecule has 0 radical (unpaired) electrons. The number of hydrogen-bond donors (Lipinski definition) is 1. The zero-order valence-corrected chi connectivity index (χ0v) is 14.9. The number of rotatable bonds is 6. The molecule has 3 heteroatoms. The lowest BCUT2D eigenvalue weighted by Gasteiger charge is -2.45. The largest absolute Gasteiger partial charge is 0.378 e. The van der Waals surface area contributed by atoms with Crippen LogP contribution in [0.3, 0.4) is 0 Å². The van der Waals surface area contributed by atoms with Crippen LogP contribution < -0.4 is 5.32 Å². The molecule has 130 valence electrons. The van der Waals surface area contributed by atoms with Crippen molar-refractivity contribution in [2.24, 2.45) is 5.92 Å². The number of nitrogens with one attached hydrogen (secondary N) is 1. The quantitative estimate of drug-likeness (QED) is 0.741. The fourth-order valence-electron chi connectivity index (χ4n) is 3.55. The molecule has 1 N–H and O–H groups in total. The normalized spacial score (nSPS) is 29.4. The Morgan fingerprint density at radius 1 is 1.46 bits per heavy atom. The Bertz CT molecular complexity index is 583. The molecule has 0 saturated carbocycles. The highest BCUT2D eigenvalue weighted by molar-refractivity contribution is 5.79. The van der Waals surface area contributed by atoms with E-state index in [1.54, 1.807) is 6.08 Å². The Balaban J connectivity index is 2.25. The minimum atomic E-state index is 0.0985. The molecule has 0 aromatic rings. The lowest BCUT2D eigenvalue weighted by Crippen LogP contribution is -2.51. The highest BCUT2D eigenvalue weighted by Crippen LogP contribution is 2.38. The van der Waals surface area contributed by atoms with Crippen LogP contribution in [0.2, 0.25) is 0 Å². The summed E-state index contributed by atoms with van der Waals surface area (Å²) in [7, 11) is 0. The minimum absolute atomic E-state index is 0.0985. The summed E-state index contributed by atoms with van der Waals surface area (Å²) in [4.78, 5) is 11.5. The second-order valence-corrected chi connectivity index (χ2v) is 6.34. The van der Waals surface area contributed by atoms with Crippen LogP contribution in [0.15, 0.2) is 60.4 Å². The maximum atomic E-state index is 11.5. The number of ether oxygens (including phenoxy) is 1. The van der Waals surface area contributed by atoms with Crippen molar-refractivity contribution in [3.05, 3.63) is 60.4 Å². The summed E-state index contributed by atoms with van der Waals surface area (Å²) in [6.45, 7) is 12.8. The van der Waals surface area contributed by atoms with E-state index in [-0.39, 0.29) is 17.9 Å². The average molecular weight is 327 g/mol. The van der Waals surface area contributed by atoms with Crippen molar-refractivity contribution in [2.75, 3.05) is 6.61 Å². The SMILES string of the molecule is C=C/C=C(\C=C/CC(=O)CC)C1NC(=C)/C(=C\C)C2OCCCC12. The van der Waals surface area contributed by atoms with E-state index in [1.807, 2.05) is 32.1 Å². The van der Waals surface area contributed by atoms with Gasteiger partial charge >= 0.3 is 0 Å². The lowest BCUT2D eigenvalue weighted by atomic mass is 9.76. The summed E-state index contributed by atoms with van der Waals surface area (Å²) in [6, 6.07) is 0.137. The number of fused-ring (bicyclic) bond motifs is 1. The molecule has 0 aromatic carbocycles. The summed E-state index contributed by atoms with van der Waals surface area (Å²) in [5.41, 5.74) is 3.23. The number of ketones is 1. The monoisotopic (exact) mass is 327 g/mol. The van der Waals surface area contributed by atoms with E-state index >= 15 is 0 Å². The van der Waals surface area contributed by atoms with Crippen molar-refractivity contribution in [2.45, 2.75) is 51.7 Å². The van der Waals surface area contributed by atoms with Gasteiger partial charge in [0.05, 0.1) is 12.1 Å². The summed E-state index contributed by atoms with van der Waals surface area (Å²) >= 11 is 0. The van der Waals surface area contributed by atoms with Crippen molar-refractivity contribution in [1.29, 1.82) is 0 Å². The third kappa shape index (κ3) is 4.15. The van der Waals surface area contributed by atoms with Gasteiger partial charge in [-0.2, -0.15) is 0 Å². The van der Waals surface area contributed by atoms with E-state index in [9.17, 15) is 4.79 Å². The highest BCUT2D eigenvalue weighted by atomic mass is 16.5. The van der Waals surface area contributed by atoms with Crippen LogP contribution >= 0.6 is 0 Å². The molecular weight excluding hydrogens is 298 g/mol. The summed E-state index contributed by atoms with van der Waals surface area (Å²) < 4.78 is 6.07. The molecular formula is C21H29NO2. The van der Waals surface area contributed by atoms with Gasteiger partial charge in [0.1, 0.15) is 5.78 Å². The van der Waals surface area contributed by atoms with Gasteiger partial charge in [-0.1, -0.05) is 50.5 Å². The van der Waals surface area contributed by atoms with Crippen LogP contribution in [-0.2, 0) is 9.53 Å². The average Bonchev–Trinajstić information content (AvgIpc) is 2.60. The predicted octanol–water partition coefficient (Wildman–Crippen LogP) is 4.25. The van der Waals surface area contributed by atoms with Gasteiger partial charge in [-0.15, -0.1) is 0 Å². The maximum Gasteiger partial charge on any atom is 0.136 e. The van der Waals surface area contributed by atoms with E-state index in [4.69, 9.17) is 4.74 Å². The first-order chi connectivity index (χ1) is 11.6. The first-order valence-corrected chi connectivity index (χ1v) is 8.86. The second-order valence-electron chi connectivity index (χ2n) is 6.34. The summed E-state index contributed by atoms with van der Waals surface area (Å²) in [6.07, 6.45) is 13.3. The van der Waals surface area contributed by atoms with Crippen molar-refractivity contribution < 1.29 is 9.53 Å². The molecule has 2 fully saturated rings. The molecule has 0 spiro atoms. The van der Waals surface area contributed by atoms with E-state index < -0.39 is 0 Å². The summed E-state index contributed by atoms with van der Waals surface area (Å²) in [5.74, 6) is 0.619. The Labute approximate surface area is 145 Å². The Morgan fingerprint density at radius 2 is 2.25 bits per heavy atom. The first kappa shape index (κ1) is 18.5. The third-order valence-corrected chi connectivity index (χ3v) is 4.81. The molecule has 24 heavy (non-hydrogen) atoms. The van der Waals surface area contributed by atoms with E-state index in [1.165, 1.54) is 5.57 Å². The van der Waals surface area contributed by atoms with Crippen LogP contribution in [0.5, 0.6) is 0 Å². The van der Waals surface area contributed by atoms with Gasteiger partial charge in [0.2, 0.25) is 0 Å². The standard InChI is InChI=1S/C21H29NO2/c1-5-10-16(11-8-12-17(23)6-2)20-19-13-9-14-24-21(19)18(7-3)15(4)22-20/h5,7-8,10-11,19-22H,1,4,6,9,12-14H2,2-3H3/b11-8-,16-10+,18-7+. The molecule has 2 heterocycles. The molecule has 2 aliphatic heterocycles. The van der Waals surface area contributed by atoms with Crippen LogP contribution in [0.4, 0.5) is 0 Å². The van der Waals surface area contributed by atoms with Gasteiger partial charge in [-0.3, -0.25) is 4.79 Å². The van der Waals surface area contributed by atoms with Crippen LogP contribution in [0.1, 0.15) is 39.5 Å². The lowest BCUT2D eigenvalue weighted by molar-refractivity contribution is -0.117. The van der Waals surface area contributed by atoms with Crippen molar-refractivity contribution >= 4 is 5.78 Å². The van der Waals surface area contributed by atoms with Gasteiger partial charge in [0.25, 0.3) is 0 Å². The molecule has 0 amide bonds. The minimum Gasteiger partial charge on any atom is -0.378 e. The number of carbonyl (C=O) groups is 1. The topological polar surface area (TPSA) is 38.3 Å². The fraction of sp³-hybridized carbons (Fsp3) is 0.476. The van der Waals surface area contributed by atoms with E-state index in [2.05, 4.69) is 24.6 Å². The Hall–Kier alpha value is -1.87. The zero-order chi connectivity index (χ0) is 17.5. The van der Waals surface area contributed by atoms with Crippen LogP contribution in [0, 0.1) is 5.92 Å². The molecule has 3 atom stereocenters. The van der Waals surface area contributed by atoms with Crippen molar-refractivity contribution in [3.63, 3.8) is 0 Å². The predicted molar refractivity (Wildman–Crippen MR) is 99.6 cm³/mol. The molecule has 0 bridgehead atoms. The number of carbonyl (C=O) groups excluding carboxylic acids is 1. The van der Waals surface area contributed by atoms with Gasteiger partial charge in [0, 0.05) is 31.1 Å². The molecule has 2 aliphatic rings. The van der Waals surface area contributed by atoms with E-state index in [0.717, 1.165) is 30.7 Å². The smallest absolute Gasteiger partial charge is 0.136 e. The van der Waals surface area contributed by atoms with Gasteiger partial charge in [0.15, 0.2) is 0 Å². The van der Waals surface area contributed by atoms with Gasteiger partial charge in [-0.25, -0.2) is 0 Å². The molecule has 3 unspecified atom stereocenters. The highest BCUT2D eigenvalue weighted by Gasteiger charge is 2.40. The van der Waals surface area contributed by atoms with Crippen molar-refractivity contribution in [1.82, 2.24) is 5.32 Å². The number of piperidine rings is 1. The maximum absolute atomic E-state index is 11.5. The zero-order valence-electron chi connectivity index (χ0n) is 14.9. The molecule has 2 rings (SSSR count). The van der Waals surface area contributed by atoms with Crippen molar-refractivity contribution in [3.8, 4) is 0 Å². The van der Waals surface area contributed by atoms with Crippen LogP contribution in [-0.4, -0.2) is 24.5 Å². The molecule has 0 aromatic heterocycles. The molecule has 2 saturated heterocycles. The molecule has 0 aliphatic carbocycles. The van der Waals surface area contributed by atoms with Crippen LogP contribution in [0.25, 0.3) is 0 Å². The number of hydrogen-bond acceptors (Lipinski definition) is 3. The van der Waals surface area contributed by atoms with Gasteiger partial charge < -0.3 is 10.1 Å². The first-order valence-electron chi connectivity index (χ1n) is 8.86. The third-order valence-electron chi connectivity index (χ3n) is 4.81.